The zero-order chi connectivity index (χ0) is 22.4. The number of aryl methyl sites for hydroxylation is 1. The number of hydrogen-bond donors (Lipinski definition) is 0. The van der Waals surface area contributed by atoms with Crippen molar-refractivity contribution in [2.24, 2.45) is 0 Å². The molecule has 7 heteroatoms. The van der Waals surface area contributed by atoms with Crippen LogP contribution in [0.15, 0.2) is 53.4 Å². The molecule has 1 fully saturated rings. The summed E-state index contributed by atoms with van der Waals surface area (Å²) < 4.78 is 31.1. The minimum Gasteiger partial charge on any atom is -0.378 e. The number of hydrogen-bond acceptors (Lipinski definition) is 5. The third-order valence-corrected chi connectivity index (χ3v) is 7.32. The monoisotopic (exact) mass is 444 g/mol. The maximum absolute atomic E-state index is 13.0. The van der Waals surface area contributed by atoms with Gasteiger partial charge in [-0.25, -0.2) is 8.42 Å². The average Bonchev–Trinajstić information content (AvgIpc) is 3.25. The molecule has 1 saturated heterocycles. The van der Waals surface area contributed by atoms with E-state index in [0.717, 1.165) is 29.7 Å². The molecule has 1 aliphatic heterocycles. The molecule has 31 heavy (non-hydrogen) atoms. The first-order valence-electron chi connectivity index (χ1n) is 10.7. The van der Waals surface area contributed by atoms with E-state index in [9.17, 15) is 13.2 Å². The highest BCUT2D eigenvalue weighted by Gasteiger charge is 2.24. The molecule has 2 aromatic rings. The predicted molar refractivity (Wildman–Crippen MR) is 123 cm³/mol. The van der Waals surface area contributed by atoms with Crippen LogP contribution in [-0.2, 0) is 25.9 Å². The Bertz CT molecular complexity index is 964. The summed E-state index contributed by atoms with van der Waals surface area (Å²) in [6.07, 6.45) is 1.88. The minimum absolute atomic E-state index is 0.0127. The summed E-state index contributed by atoms with van der Waals surface area (Å²) in [5.41, 5.74) is 3.10. The largest absolute Gasteiger partial charge is 0.378 e. The minimum atomic E-state index is -3.51. The molecule has 3 rings (SSSR count). The van der Waals surface area contributed by atoms with Crippen LogP contribution < -0.4 is 4.90 Å². The van der Waals surface area contributed by atoms with Crippen molar-refractivity contribution in [3.05, 3.63) is 59.7 Å². The van der Waals surface area contributed by atoms with Gasteiger partial charge in [0, 0.05) is 45.9 Å². The van der Waals surface area contributed by atoms with Gasteiger partial charge in [0.1, 0.15) is 0 Å². The third-order valence-electron chi connectivity index (χ3n) is 5.59. The number of benzene rings is 2. The van der Waals surface area contributed by atoms with Gasteiger partial charge in [0.2, 0.25) is 5.91 Å². The number of amides is 1. The van der Waals surface area contributed by atoms with Crippen molar-refractivity contribution in [3.8, 4) is 0 Å². The number of carbonyl (C=O) groups excluding carboxylic acids is 1. The van der Waals surface area contributed by atoms with Gasteiger partial charge in [-0.05, 0) is 49.6 Å². The Labute approximate surface area is 185 Å². The molecule has 1 unspecified atom stereocenters. The van der Waals surface area contributed by atoms with E-state index in [1.54, 1.807) is 29.2 Å². The Morgan fingerprint density at radius 1 is 1.06 bits per heavy atom. The smallest absolute Gasteiger partial charge is 0.223 e. The first-order valence-corrected chi connectivity index (χ1v) is 12.3. The maximum atomic E-state index is 13.0. The lowest BCUT2D eigenvalue weighted by molar-refractivity contribution is -0.133. The Balaban J connectivity index is 1.68. The second-order valence-corrected chi connectivity index (χ2v) is 10.5. The quantitative estimate of drug-likeness (QED) is 0.593. The molecular formula is C24H32N2O4S. The van der Waals surface area contributed by atoms with Crippen molar-refractivity contribution in [1.29, 1.82) is 0 Å². The van der Waals surface area contributed by atoms with Crippen LogP contribution in [0.1, 0.15) is 30.4 Å². The second kappa shape index (κ2) is 10.3. The molecule has 0 N–H and O–H groups in total. The Hall–Kier alpha value is -2.38. The maximum Gasteiger partial charge on any atom is 0.223 e. The van der Waals surface area contributed by atoms with Crippen LogP contribution >= 0.6 is 0 Å². The summed E-state index contributed by atoms with van der Waals surface area (Å²) in [5, 5.41) is 0. The van der Waals surface area contributed by atoms with Crippen LogP contribution in [0.4, 0.5) is 5.69 Å². The van der Waals surface area contributed by atoms with E-state index in [2.05, 4.69) is 0 Å². The summed E-state index contributed by atoms with van der Waals surface area (Å²) in [4.78, 5) is 17.1. The lowest BCUT2D eigenvalue weighted by atomic mass is 10.1. The van der Waals surface area contributed by atoms with E-state index in [4.69, 9.17) is 4.74 Å². The van der Waals surface area contributed by atoms with Crippen molar-refractivity contribution in [1.82, 2.24) is 4.90 Å². The third kappa shape index (κ3) is 6.55. The summed E-state index contributed by atoms with van der Waals surface area (Å²) >= 11 is 0. The summed E-state index contributed by atoms with van der Waals surface area (Å²) in [6.45, 7) is 3.55. The number of carbonyl (C=O) groups is 1. The Morgan fingerprint density at radius 3 is 2.32 bits per heavy atom. The van der Waals surface area contributed by atoms with E-state index >= 15 is 0 Å². The molecule has 6 nitrogen and oxygen atoms in total. The summed E-state index contributed by atoms with van der Waals surface area (Å²) in [6, 6.07) is 14.8. The molecule has 0 aliphatic carbocycles. The van der Waals surface area contributed by atoms with E-state index in [1.807, 2.05) is 50.2 Å². The molecule has 0 aromatic heterocycles. The predicted octanol–water partition coefficient (Wildman–Crippen LogP) is 3.43. The van der Waals surface area contributed by atoms with Crippen molar-refractivity contribution >= 4 is 21.4 Å². The van der Waals surface area contributed by atoms with Gasteiger partial charge in [-0.1, -0.05) is 29.8 Å². The molecule has 0 spiro atoms. The van der Waals surface area contributed by atoms with Crippen LogP contribution in [0, 0.1) is 6.92 Å². The van der Waals surface area contributed by atoms with Crippen LogP contribution in [0.5, 0.6) is 0 Å². The van der Waals surface area contributed by atoms with Gasteiger partial charge in [-0.2, -0.15) is 0 Å². The SMILES string of the molecule is Cc1ccc(S(=O)(=O)CCC(=O)N(Cc2ccc(N(C)C)cc2)CC2CCCO2)cc1. The fraction of sp³-hybridized carbons (Fsp3) is 0.458. The highest BCUT2D eigenvalue weighted by Crippen LogP contribution is 2.19. The topological polar surface area (TPSA) is 66.9 Å². The van der Waals surface area contributed by atoms with Gasteiger partial charge in [-0.3, -0.25) is 4.79 Å². The molecule has 0 saturated carbocycles. The Morgan fingerprint density at radius 2 is 1.74 bits per heavy atom. The number of anilines is 1. The first-order chi connectivity index (χ1) is 14.7. The molecule has 1 aliphatic rings. The molecular weight excluding hydrogens is 412 g/mol. The second-order valence-electron chi connectivity index (χ2n) is 8.35. The van der Waals surface area contributed by atoms with Gasteiger partial charge in [0.05, 0.1) is 16.8 Å². The van der Waals surface area contributed by atoms with Gasteiger partial charge in [0.25, 0.3) is 0 Å². The lowest BCUT2D eigenvalue weighted by Crippen LogP contribution is -2.37. The molecule has 1 amide bonds. The zero-order valence-corrected chi connectivity index (χ0v) is 19.4. The van der Waals surface area contributed by atoms with Crippen LogP contribution in [0.25, 0.3) is 0 Å². The molecule has 1 atom stereocenters. The number of rotatable bonds is 9. The highest BCUT2D eigenvalue weighted by molar-refractivity contribution is 7.91. The molecule has 0 radical (unpaired) electrons. The van der Waals surface area contributed by atoms with Crippen molar-refractivity contribution < 1.29 is 17.9 Å². The van der Waals surface area contributed by atoms with Crippen molar-refractivity contribution in [3.63, 3.8) is 0 Å². The summed E-state index contributed by atoms with van der Waals surface area (Å²) in [5.74, 6) is -0.362. The number of sulfone groups is 1. The van der Waals surface area contributed by atoms with E-state index in [-0.39, 0.29) is 29.1 Å². The fourth-order valence-electron chi connectivity index (χ4n) is 3.65. The average molecular weight is 445 g/mol. The van der Waals surface area contributed by atoms with E-state index in [1.165, 1.54) is 0 Å². The zero-order valence-electron chi connectivity index (χ0n) is 18.6. The van der Waals surface area contributed by atoms with Gasteiger partial charge in [0.15, 0.2) is 9.84 Å². The van der Waals surface area contributed by atoms with Crippen LogP contribution in [0.2, 0.25) is 0 Å². The van der Waals surface area contributed by atoms with Crippen molar-refractivity contribution in [2.75, 3.05) is 37.9 Å². The van der Waals surface area contributed by atoms with E-state index in [0.29, 0.717) is 19.7 Å². The molecule has 1 heterocycles. The van der Waals surface area contributed by atoms with E-state index < -0.39 is 9.84 Å². The van der Waals surface area contributed by atoms with Crippen LogP contribution in [0.3, 0.4) is 0 Å². The molecule has 0 bridgehead atoms. The van der Waals surface area contributed by atoms with Gasteiger partial charge in [-0.15, -0.1) is 0 Å². The number of ether oxygens (including phenoxy) is 1. The van der Waals surface area contributed by atoms with Gasteiger partial charge >= 0.3 is 0 Å². The summed E-state index contributed by atoms with van der Waals surface area (Å²) in [7, 11) is 0.461. The number of nitrogens with zero attached hydrogens (tertiary/aromatic N) is 2. The molecule has 2 aromatic carbocycles. The van der Waals surface area contributed by atoms with Crippen molar-refractivity contribution in [2.45, 2.75) is 43.7 Å². The van der Waals surface area contributed by atoms with Gasteiger partial charge < -0.3 is 14.5 Å². The standard InChI is InChI=1S/C24H32N2O4S/c1-19-6-12-23(13-7-19)31(28,29)16-14-24(27)26(18-22-5-4-15-30-22)17-20-8-10-21(11-9-20)25(2)3/h6-13,22H,4-5,14-18H2,1-3H3. The first kappa shape index (κ1) is 23.3. The molecule has 168 valence electrons. The Kier molecular flexibility index (Phi) is 7.73. The lowest BCUT2D eigenvalue weighted by Gasteiger charge is -2.26. The van der Waals surface area contributed by atoms with Crippen LogP contribution in [-0.4, -0.2) is 58.3 Å². The fourth-order valence-corrected chi connectivity index (χ4v) is 4.88. The highest BCUT2D eigenvalue weighted by atomic mass is 32.2. The normalized spacial score (nSPS) is 16.3.